The molecule has 1 rings (SSSR count). The summed E-state index contributed by atoms with van der Waals surface area (Å²) < 4.78 is 36.7. The Hall–Kier alpha value is -0.550. The second kappa shape index (κ2) is 4.11. The average molecular weight is 255 g/mol. The van der Waals surface area contributed by atoms with Gasteiger partial charge in [0.15, 0.2) is 0 Å². The predicted molar refractivity (Wildman–Crippen MR) is 45.1 cm³/mol. The first-order valence-corrected chi connectivity index (χ1v) is 4.23. The van der Waals surface area contributed by atoms with E-state index in [1.54, 1.807) is 0 Å². The van der Waals surface area contributed by atoms with Gasteiger partial charge in [-0.15, -0.1) is 0 Å². The van der Waals surface area contributed by atoms with Crippen molar-refractivity contribution in [1.29, 1.82) is 0 Å². The molecular formula is C8H6BrF3O. The van der Waals surface area contributed by atoms with Gasteiger partial charge < -0.3 is 5.11 Å². The summed E-state index contributed by atoms with van der Waals surface area (Å²) in [6.45, 7) is 0. The van der Waals surface area contributed by atoms with Gasteiger partial charge >= 0.3 is 0 Å². The lowest BCUT2D eigenvalue weighted by atomic mass is 10.1. The van der Waals surface area contributed by atoms with Crippen molar-refractivity contribution in [3.63, 3.8) is 0 Å². The molecule has 0 saturated carbocycles. The van der Waals surface area contributed by atoms with Gasteiger partial charge in [-0.1, -0.05) is 22.0 Å². The number of hydrogen-bond acceptors (Lipinski definition) is 1. The number of benzene rings is 1. The van der Waals surface area contributed by atoms with E-state index in [-0.39, 0.29) is 10.0 Å². The number of rotatable bonds is 2. The minimum atomic E-state index is -2.87. The number of alkyl halides is 2. The van der Waals surface area contributed by atoms with Gasteiger partial charge in [-0.3, -0.25) is 0 Å². The fraction of sp³-hybridized carbons (Fsp3) is 0.250. The molecule has 0 aromatic heterocycles. The quantitative estimate of drug-likeness (QED) is 0.861. The average Bonchev–Trinajstić information content (AvgIpc) is 2.03. The monoisotopic (exact) mass is 254 g/mol. The Bertz CT molecular complexity index is 303. The minimum absolute atomic E-state index is 0.0172. The number of aliphatic hydroxyl groups excluding tert-OH is 1. The van der Waals surface area contributed by atoms with Crippen LogP contribution in [0.3, 0.4) is 0 Å². The Morgan fingerprint density at radius 3 is 2.38 bits per heavy atom. The molecule has 72 valence electrons. The Morgan fingerprint density at radius 2 is 1.92 bits per heavy atom. The SMILES string of the molecule is OC(c1ccc(F)cc1Br)C(F)F. The molecule has 0 aliphatic carbocycles. The number of aliphatic hydroxyl groups is 1. The van der Waals surface area contributed by atoms with Crippen LogP contribution in [0.1, 0.15) is 11.7 Å². The van der Waals surface area contributed by atoms with Crippen LogP contribution < -0.4 is 0 Å². The summed E-state index contributed by atoms with van der Waals surface area (Å²) in [6, 6.07) is 3.17. The van der Waals surface area contributed by atoms with Crippen molar-refractivity contribution in [2.45, 2.75) is 12.5 Å². The molecule has 1 unspecified atom stereocenters. The smallest absolute Gasteiger partial charge is 0.268 e. The van der Waals surface area contributed by atoms with Gasteiger partial charge in [0.05, 0.1) is 0 Å². The fourth-order valence-electron chi connectivity index (χ4n) is 0.877. The zero-order valence-electron chi connectivity index (χ0n) is 6.35. The highest BCUT2D eigenvalue weighted by Crippen LogP contribution is 2.28. The Kier molecular flexibility index (Phi) is 3.33. The van der Waals surface area contributed by atoms with Crippen LogP contribution in [0.2, 0.25) is 0 Å². The van der Waals surface area contributed by atoms with Gasteiger partial charge in [0.25, 0.3) is 6.43 Å². The lowest BCUT2D eigenvalue weighted by Gasteiger charge is -2.11. The highest BCUT2D eigenvalue weighted by atomic mass is 79.9. The Labute approximate surface area is 81.3 Å². The van der Waals surface area contributed by atoms with Crippen LogP contribution in [0.4, 0.5) is 13.2 Å². The third kappa shape index (κ3) is 2.45. The third-order valence-corrected chi connectivity index (χ3v) is 2.21. The molecule has 0 radical (unpaired) electrons. The first kappa shape index (κ1) is 10.5. The van der Waals surface area contributed by atoms with Gasteiger partial charge in [0, 0.05) is 10.0 Å². The van der Waals surface area contributed by atoms with Gasteiger partial charge in [0.1, 0.15) is 11.9 Å². The van der Waals surface area contributed by atoms with Crippen LogP contribution in [-0.2, 0) is 0 Å². The van der Waals surface area contributed by atoms with E-state index in [2.05, 4.69) is 15.9 Å². The molecule has 0 bridgehead atoms. The summed E-state index contributed by atoms with van der Waals surface area (Å²) in [6.07, 6.45) is -4.75. The lowest BCUT2D eigenvalue weighted by molar-refractivity contribution is -0.00622. The van der Waals surface area contributed by atoms with Crippen molar-refractivity contribution < 1.29 is 18.3 Å². The molecule has 0 aliphatic rings. The topological polar surface area (TPSA) is 20.2 Å². The molecule has 1 nitrogen and oxygen atoms in total. The van der Waals surface area contributed by atoms with Gasteiger partial charge in [-0.2, -0.15) is 0 Å². The fourth-order valence-corrected chi connectivity index (χ4v) is 1.46. The molecule has 0 aliphatic heterocycles. The first-order chi connectivity index (χ1) is 6.02. The summed E-state index contributed by atoms with van der Waals surface area (Å²) in [5, 5.41) is 8.97. The van der Waals surface area contributed by atoms with Crippen molar-refractivity contribution in [2.24, 2.45) is 0 Å². The van der Waals surface area contributed by atoms with Crippen LogP contribution >= 0.6 is 15.9 Å². The summed E-state index contributed by atoms with van der Waals surface area (Å²) in [5.74, 6) is -0.544. The van der Waals surface area contributed by atoms with Crippen LogP contribution in [-0.4, -0.2) is 11.5 Å². The standard InChI is InChI=1S/C8H6BrF3O/c9-6-3-4(10)1-2-5(6)7(13)8(11)12/h1-3,7-8,13H. The van der Waals surface area contributed by atoms with Crippen LogP contribution in [0.15, 0.2) is 22.7 Å². The van der Waals surface area contributed by atoms with Crippen molar-refractivity contribution >= 4 is 15.9 Å². The lowest BCUT2D eigenvalue weighted by Crippen LogP contribution is -2.08. The molecule has 1 N–H and O–H groups in total. The molecule has 0 saturated heterocycles. The van der Waals surface area contributed by atoms with E-state index < -0.39 is 18.3 Å². The molecule has 1 aromatic rings. The minimum Gasteiger partial charge on any atom is -0.382 e. The van der Waals surface area contributed by atoms with E-state index in [1.807, 2.05) is 0 Å². The molecular weight excluding hydrogens is 249 g/mol. The predicted octanol–water partition coefficient (Wildman–Crippen LogP) is 2.89. The zero-order chi connectivity index (χ0) is 10.0. The Balaban J connectivity index is 3.01. The largest absolute Gasteiger partial charge is 0.382 e. The summed E-state index contributed by atoms with van der Waals surface area (Å²) >= 11 is 2.88. The summed E-state index contributed by atoms with van der Waals surface area (Å²) in [7, 11) is 0. The molecule has 0 heterocycles. The molecule has 5 heteroatoms. The molecule has 0 amide bonds. The normalized spacial score (nSPS) is 13.4. The van der Waals surface area contributed by atoms with Crippen molar-refractivity contribution in [3.8, 4) is 0 Å². The maximum Gasteiger partial charge on any atom is 0.268 e. The molecule has 13 heavy (non-hydrogen) atoms. The van der Waals surface area contributed by atoms with Crippen molar-refractivity contribution in [1.82, 2.24) is 0 Å². The summed E-state index contributed by atoms with van der Waals surface area (Å²) in [4.78, 5) is 0. The van der Waals surface area contributed by atoms with Crippen LogP contribution in [0.25, 0.3) is 0 Å². The second-order valence-electron chi connectivity index (χ2n) is 2.45. The number of halogens is 4. The molecule has 1 atom stereocenters. The van der Waals surface area contributed by atoms with E-state index in [0.717, 1.165) is 18.2 Å². The van der Waals surface area contributed by atoms with Crippen molar-refractivity contribution in [3.05, 3.63) is 34.1 Å². The van der Waals surface area contributed by atoms with Gasteiger partial charge in [0.2, 0.25) is 0 Å². The van der Waals surface area contributed by atoms with E-state index in [1.165, 1.54) is 0 Å². The third-order valence-electron chi connectivity index (χ3n) is 1.52. The molecule has 1 aromatic carbocycles. The van der Waals surface area contributed by atoms with Crippen molar-refractivity contribution in [2.75, 3.05) is 0 Å². The Morgan fingerprint density at radius 1 is 1.31 bits per heavy atom. The van der Waals surface area contributed by atoms with Crippen LogP contribution in [0.5, 0.6) is 0 Å². The molecule has 0 spiro atoms. The van der Waals surface area contributed by atoms with E-state index in [9.17, 15) is 13.2 Å². The first-order valence-electron chi connectivity index (χ1n) is 3.43. The highest BCUT2D eigenvalue weighted by Gasteiger charge is 2.21. The number of hydrogen-bond donors (Lipinski definition) is 1. The van der Waals surface area contributed by atoms with E-state index in [4.69, 9.17) is 5.11 Å². The van der Waals surface area contributed by atoms with Crippen LogP contribution in [0, 0.1) is 5.82 Å². The zero-order valence-corrected chi connectivity index (χ0v) is 7.93. The van der Waals surface area contributed by atoms with Gasteiger partial charge in [-0.25, -0.2) is 13.2 Å². The molecule has 0 fully saturated rings. The van der Waals surface area contributed by atoms with E-state index in [0.29, 0.717) is 0 Å². The summed E-state index contributed by atoms with van der Waals surface area (Å²) in [5.41, 5.74) is -0.0172. The second-order valence-corrected chi connectivity index (χ2v) is 3.30. The highest BCUT2D eigenvalue weighted by molar-refractivity contribution is 9.10. The van der Waals surface area contributed by atoms with Gasteiger partial charge in [-0.05, 0) is 12.1 Å². The van der Waals surface area contributed by atoms with E-state index >= 15 is 0 Å². The maximum atomic E-state index is 12.5. The maximum absolute atomic E-state index is 12.5.